The number of hydrogen-bond acceptors (Lipinski definition) is 1. The molecule has 0 saturated carbocycles. The largest absolute Gasteiger partial charge is 0.256 e. The van der Waals surface area contributed by atoms with Crippen LogP contribution in [0.5, 0.6) is 0 Å². The molecule has 15 heavy (non-hydrogen) atoms. The van der Waals surface area contributed by atoms with Crippen molar-refractivity contribution in [3.05, 3.63) is 40.6 Å². The van der Waals surface area contributed by atoms with E-state index in [0.29, 0.717) is 10.2 Å². The molecule has 0 aliphatic carbocycles. The minimum atomic E-state index is 0.268. The predicted molar refractivity (Wildman–Crippen MR) is 63.5 cm³/mol. The standard InChI is InChI=1S/C10H7Cl3N2/c11-6-15-5-8(10(13)14-15)7-3-1-2-4-9(7)12/h1-5H,6H2. The zero-order valence-corrected chi connectivity index (χ0v) is 9.89. The molecule has 2 rings (SSSR count). The lowest BCUT2D eigenvalue weighted by Crippen LogP contribution is -1.90. The fraction of sp³-hybridized carbons (Fsp3) is 0.100. The quantitative estimate of drug-likeness (QED) is 0.746. The summed E-state index contributed by atoms with van der Waals surface area (Å²) in [7, 11) is 0. The third kappa shape index (κ3) is 2.12. The molecule has 1 heterocycles. The minimum absolute atomic E-state index is 0.268. The normalized spacial score (nSPS) is 10.6. The van der Waals surface area contributed by atoms with E-state index in [-0.39, 0.29) is 6.00 Å². The summed E-state index contributed by atoms with van der Waals surface area (Å²) in [5.41, 5.74) is 1.66. The van der Waals surface area contributed by atoms with E-state index in [1.165, 1.54) is 0 Å². The van der Waals surface area contributed by atoms with Crippen LogP contribution >= 0.6 is 34.8 Å². The van der Waals surface area contributed by atoms with Crippen LogP contribution in [-0.4, -0.2) is 9.78 Å². The average molecular weight is 262 g/mol. The van der Waals surface area contributed by atoms with Gasteiger partial charge in [-0.15, -0.1) is 11.6 Å². The molecule has 0 radical (unpaired) electrons. The Labute approximate surface area is 102 Å². The van der Waals surface area contributed by atoms with E-state index < -0.39 is 0 Å². The van der Waals surface area contributed by atoms with E-state index in [9.17, 15) is 0 Å². The van der Waals surface area contributed by atoms with Gasteiger partial charge in [0.05, 0.1) is 0 Å². The molecule has 5 heteroatoms. The van der Waals surface area contributed by atoms with E-state index in [2.05, 4.69) is 5.10 Å². The third-order valence-corrected chi connectivity index (χ3v) is 2.86. The minimum Gasteiger partial charge on any atom is -0.256 e. The predicted octanol–water partition coefficient (Wildman–Crippen LogP) is 4.05. The lowest BCUT2D eigenvalue weighted by molar-refractivity contribution is 0.745. The second-order valence-electron chi connectivity index (χ2n) is 2.97. The van der Waals surface area contributed by atoms with Crippen LogP contribution in [0.1, 0.15) is 0 Å². The molecule has 0 amide bonds. The Balaban J connectivity index is 2.54. The van der Waals surface area contributed by atoms with Crippen molar-refractivity contribution in [3.8, 4) is 11.1 Å². The highest BCUT2D eigenvalue weighted by Crippen LogP contribution is 2.32. The Morgan fingerprint density at radius 2 is 1.87 bits per heavy atom. The van der Waals surface area contributed by atoms with Gasteiger partial charge in [0, 0.05) is 22.3 Å². The Morgan fingerprint density at radius 3 is 2.47 bits per heavy atom. The molecule has 0 fully saturated rings. The lowest BCUT2D eigenvalue weighted by Gasteiger charge is -2.00. The van der Waals surface area contributed by atoms with Crippen LogP contribution in [0.25, 0.3) is 11.1 Å². The van der Waals surface area contributed by atoms with Gasteiger partial charge in [-0.25, -0.2) is 0 Å². The molecule has 0 aliphatic heterocycles. The number of aromatic nitrogens is 2. The molecule has 0 unspecified atom stereocenters. The molecule has 2 aromatic rings. The second-order valence-corrected chi connectivity index (χ2v) is 3.98. The fourth-order valence-electron chi connectivity index (χ4n) is 1.32. The van der Waals surface area contributed by atoms with E-state index >= 15 is 0 Å². The summed E-state index contributed by atoms with van der Waals surface area (Å²) in [5.74, 6) is 0. The van der Waals surface area contributed by atoms with Crippen LogP contribution in [0, 0.1) is 0 Å². The highest BCUT2D eigenvalue weighted by atomic mass is 35.5. The molecule has 1 aromatic carbocycles. The van der Waals surface area contributed by atoms with Crippen molar-refractivity contribution in [2.45, 2.75) is 6.00 Å². The number of halogens is 3. The van der Waals surface area contributed by atoms with Crippen LogP contribution in [0.4, 0.5) is 0 Å². The zero-order valence-electron chi connectivity index (χ0n) is 7.62. The van der Waals surface area contributed by atoms with Gasteiger partial charge in [-0.1, -0.05) is 41.4 Å². The van der Waals surface area contributed by atoms with Crippen LogP contribution in [-0.2, 0) is 6.00 Å². The summed E-state index contributed by atoms with van der Waals surface area (Å²) < 4.78 is 1.56. The fourth-order valence-corrected chi connectivity index (χ4v) is 1.93. The van der Waals surface area contributed by atoms with E-state index in [0.717, 1.165) is 11.1 Å². The monoisotopic (exact) mass is 260 g/mol. The summed E-state index contributed by atoms with van der Waals surface area (Å²) in [6.45, 7) is 0. The van der Waals surface area contributed by atoms with Crippen molar-refractivity contribution in [2.24, 2.45) is 0 Å². The first kappa shape index (κ1) is 10.8. The van der Waals surface area contributed by atoms with E-state index in [1.54, 1.807) is 10.9 Å². The third-order valence-electron chi connectivity index (χ3n) is 2.00. The smallest absolute Gasteiger partial charge is 0.158 e. The van der Waals surface area contributed by atoms with Crippen molar-refractivity contribution in [3.63, 3.8) is 0 Å². The van der Waals surface area contributed by atoms with Gasteiger partial charge in [-0.3, -0.25) is 4.68 Å². The molecule has 0 spiro atoms. The topological polar surface area (TPSA) is 17.8 Å². The highest BCUT2D eigenvalue weighted by Gasteiger charge is 2.10. The van der Waals surface area contributed by atoms with Gasteiger partial charge in [0.2, 0.25) is 0 Å². The summed E-state index contributed by atoms with van der Waals surface area (Å²) in [5, 5.41) is 5.09. The molecule has 0 aliphatic rings. The summed E-state index contributed by atoms with van der Waals surface area (Å²) in [4.78, 5) is 0. The second kappa shape index (κ2) is 4.44. The van der Waals surface area contributed by atoms with Crippen LogP contribution < -0.4 is 0 Å². The van der Waals surface area contributed by atoms with Gasteiger partial charge >= 0.3 is 0 Å². The first-order valence-corrected chi connectivity index (χ1v) is 5.55. The van der Waals surface area contributed by atoms with Gasteiger partial charge in [-0.2, -0.15) is 5.10 Å². The van der Waals surface area contributed by atoms with Crippen molar-refractivity contribution in [1.29, 1.82) is 0 Å². The number of rotatable bonds is 2. The SMILES string of the molecule is ClCn1cc(-c2ccccc2Cl)c(Cl)n1. The van der Waals surface area contributed by atoms with Gasteiger partial charge in [0.25, 0.3) is 0 Å². The zero-order chi connectivity index (χ0) is 10.8. The Kier molecular flexibility index (Phi) is 3.19. The van der Waals surface area contributed by atoms with E-state index in [4.69, 9.17) is 34.8 Å². The first-order valence-electron chi connectivity index (χ1n) is 4.26. The molecule has 0 saturated heterocycles. The summed E-state index contributed by atoms with van der Waals surface area (Å²) in [6, 6.07) is 7.74. The molecule has 0 atom stereocenters. The van der Waals surface area contributed by atoms with Gasteiger partial charge in [0.1, 0.15) is 6.00 Å². The van der Waals surface area contributed by atoms with E-state index in [1.807, 2.05) is 24.3 Å². The number of hydrogen-bond donors (Lipinski definition) is 0. The molecule has 0 N–H and O–H groups in total. The molecular formula is C10H7Cl3N2. The van der Waals surface area contributed by atoms with Crippen molar-refractivity contribution >= 4 is 34.8 Å². The van der Waals surface area contributed by atoms with Gasteiger partial charge in [0.15, 0.2) is 5.15 Å². The lowest BCUT2D eigenvalue weighted by atomic mass is 10.1. The number of benzene rings is 1. The molecule has 1 aromatic heterocycles. The number of alkyl halides is 1. The van der Waals surface area contributed by atoms with Crippen LogP contribution in [0.15, 0.2) is 30.5 Å². The first-order chi connectivity index (χ1) is 7.22. The molecular weight excluding hydrogens is 254 g/mol. The maximum absolute atomic E-state index is 6.05. The van der Waals surface area contributed by atoms with Crippen molar-refractivity contribution in [2.75, 3.05) is 0 Å². The van der Waals surface area contributed by atoms with Crippen LogP contribution in [0.3, 0.4) is 0 Å². The Bertz CT molecular complexity index is 479. The highest BCUT2D eigenvalue weighted by molar-refractivity contribution is 6.35. The van der Waals surface area contributed by atoms with Crippen LogP contribution in [0.2, 0.25) is 10.2 Å². The summed E-state index contributed by atoms with van der Waals surface area (Å²) in [6.07, 6.45) is 1.77. The number of nitrogens with zero attached hydrogens (tertiary/aromatic N) is 2. The molecule has 2 nitrogen and oxygen atoms in total. The van der Waals surface area contributed by atoms with Crippen molar-refractivity contribution < 1.29 is 0 Å². The molecule has 0 bridgehead atoms. The Morgan fingerprint density at radius 1 is 1.13 bits per heavy atom. The van der Waals surface area contributed by atoms with Gasteiger partial charge in [-0.05, 0) is 6.07 Å². The van der Waals surface area contributed by atoms with Crippen molar-refractivity contribution in [1.82, 2.24) is 9.78 Å². The summed E-state index contributed by atoms with van der Waals surface area (Å²) >= 11 is 17.7. The maximum atomic E-state index is 6.05. The molecule has 78 valence electrons. The maximum Gasteiger partial charge on any atom is 0.158 e. The Hall–Kier alpha value is -0.700. The van der Waals surface area contributed by atoms with Gasteiger partial charge < -0.3 is 0 Å². The average Bonchev–Trinajstić information content (AvgIpc) is 2.60.